The van der Waals surface area contributed by atoms with Gasteiger partial charge < -0.3 is 20.1 Å². The molecule has 6 rings (SSSR count). The van der Waals surface area contributed by atoms with Gasteiger partial charge in [0.2, 0.25) is 5.95 Å². The number of carbonyl (C=O) groups is 1. The van der Waals surface area contributed by atoms with E-state index < -0.39 is 6.04 Å². The number of rotatable bonds is 6. The van der Waals surface area contributed by atoms with Crippen molar-refractivity contribution in [2.24, 2.45) is 0 Å². The van der Waals surface area contributed by atoms with Gasteiger partial charge in [-0.3, -0.25) is 14.3 Å². The van der Waals surface area contributed by atoms with Crippen LogP contribution in [-0.4, -0.2) is 63.2 Å². The number of hydrogen-bond donors (Lipinski definition) is 2. The molecular formula is C31H33N5O3. The van der Waals surface area contributed by atoms with Gasteiger partial charge in [-0.05, 0) is 49.2 Å². The molecule has 1 amide bonds. The third kappa shape index (κ3) is 4.72. The third-order valence-corrected chi connectivity index (χ3v) is 7.57. The van der Waals surface area contributed by atoms with Crippen LogP contribution in [0, 0.1) is 0 Å². The van der Waals surface area contributed by atoms with Crippen molar-refractivity contribution in [2.45, 2.75) is 26.4 Å². The molecule has 1 saturated heterocycles. The van der Waals surface area contributed by atoms with E-state index in [0.29, 0.717) is 37.0 Å². The molecule has 1 fully saturated rings. The van der Waals surface area contributed by atoms with Gasteiger partial charge in [-0.15, -0.1) is 0 Å². The minimum atomic E-state index is -0.427. The molecule has 1 atom stereocenters. The Bertz CT molecular complexity index is 1540. The van der Waals surface area contributed by atoms with Gasteiger partial charge in [0, 0.05) is 38.4 Å². The molecule has 0 spiro atoms. The fourth-order valence-corrected chi connectivity index (χ4v) is 5.65. The average Bonchev–Trinajstić information content (AvgIpc) is 3.32. The summed E-state index contributed by atoms with van der Waals surface area (Å²) >= 11 is 0. The van der Waals surface area contributed by atoms with Crippen molar-refractivity contribution in [3.63, 3.8) is 0 Å². The molecule has 39 heavy (non-hydrogen) atoms. The second kappa shape index (κ2) is 10.5. The van der Waals surface area contributed by atoms with E-state index in [1.165, 1.54) is 5.56 Å². The Hall–Kier alpha value is -4.30. The van der Waals surface area contributed by atoms with Crippen molar-refractivity contribution >= 4 is 22.9 Å². The fraction of sp³-hybridized carbons (Fsp3) is 0.290. The molecule has 4 aromatic rings. The molecule has 2 aliphatic heterocycles. The number of phenolic OH excluding ortho intramolecular Hbond substituents is 1. The van der Waals surface area contributed by atoms with E-state index in [1.807, 2.05) is 61.2 Å². The highest BCUT2D eigenvalue weighted by molar-refractivity contribution is 5.98. The Labute approximate surface area is 228 Å². The van der Waals surface area contributed by atoms with Crippen LogP contribution in [0.25, 0.3) is 11.0 Å². The minimum Gasteiger partial charge on any atom is -0.504 e. The van der Waals surface area contributed by atoms with Crippen LogP contribution in [-0.2, 0) is 11.3 Å². The second-order valence-corrected chi connectivity index (χ2v) is 10.1. The monoisotopic (exact) mass is 523 g/mol. The largest absolute Gasteiger partial charge is 0.504 e. The van der Waals surface area contributed by atoms with Gasteiger partial charge >= 0.3 is 0 Å². The summed E-state index contributed by atoms with van der Waals surface area (Å²) in [6, 6.07) is 23.3. The van der Waals surface area contributed by atoms with Gasteiger partial charge in [-0.2, -0.15) is 0 Å². The van der Waals surface area contributed by atoms with Crippen LogP contribution in [0.15, 0.2) is 84.1 Å². The Balaban J connectivity index is 1.34. The summed E-state index contributed by atoms with van der Waals surface area (Å²) in [7, 11) is 0. The van der Waals surface area contributed by atoms with Crippen LogP contribution in [0.5, 0.6) is 11.5 Å². The number of ether oxygens (including phenoxy) is 1. The fourth-order valence-electron chi connectivity index (χ4n) is 5.65. The van der Waals surface area contributed by atoms with Crippen molar-refractivity contribution in [1.29, 1.82) is 0 Å². The zero-order valence-electron chi connectivity index (χ0n) is 22.3. The number of nitrogens with zero attached hydrogens (tertiary/aromatic N) is 4. The van der Waals surface area contributed by atoms with Crippen LogP contribution in [0.2, 0.25) is 0 Å². The molecule has 0 bridgehead atoms. The molecule has 8 heteroatoms. The number of piperazine rings is 1. The average molecular weight is 524 g/mol. The lowest BCUT2D eigenvalue weighted by molar-refractivity contribution is -0.129. The smallest absolute Gasteiger partial charge is 0.254 e. The van der Waals surface area contributed by atoms with Crippen LogP contribution in [0.4, 0.5) is 5.95 Å². The highest BCUT2D eigenvalue weighted by Crippen LogP contribution is 2.42. The Morgan fingerprint density at radius 1 is 1.03 bits per heavy atom. The number of anilines is 1. The highest BCUT2D eigenvalue weighted by Gasteiger charge is 2.37. The van der Waals surface area contributed by atoms with E-state index in [1.54, 1.807) is 6.07 Å². The van der Waals surface area contributed by atoms with Gasteiger partial charge in [0.15, 0.2) is 11.5 Å². The molecule has 1 aromatic heterocycles. The first-order valence-corrected chi connectivity index (χ1v) is 13.5. The van der Waals surface area contributed by atoms with Crippen LogP contribution in [0.1, 0.15) is 31.0 Å². The summed E-state index contributed by atoms with van der Waals surface area (Å²) < 4.78 is 7.80. The maximum absolute atomic E-state index is 14.3. The van der Waals surface area contributed by atoms with E-state index in [4.69, 9.17) is 9.72 Å². The maximum Gasteiger partial charge on any atom is 0.254 e. The molecule has 3 aromatic carbocycles. The molecule has 3 heterocycles. The summed E-state index contributed by atoms with van der Waals surface area (Å²) in [6.07, 6.45) is 0. The number of aromatic hydroxyl groups is 1. The first kappa shape index (κ1) is 25.0. The van der Waals surface area contributed by atoms with Crippen molar-refractivity contribution in [2.75, 3.05) is 38.1 Å². The Morgan fingerprint density at radius 2 is 1.77 bits per heavy atom. The van der Waals surface area contributed by atoms with E-state index in [0.717, 1.165) is 41.9 Å². The summed E-state index contributed by atoms with van der Waals surface area (Å²) in [6.45, 7) is 8.09. The molecule has 2 N–H and O–H groups in total. The van der Waals surface area contributed by atoms with Crippen molar-refractivity contribution in [1.82, 2.24) is 19.4 Å². The standard InChI is InChI=1S/C31H33N5O3/c1-3-39-27-19-23(13-14-26(27)37)29-28(21(2)32-31-33-24-11-7-8-12-25(24)36(29)31)30(38)35-17-15-34(16-18-35)20-22-9-5-4-6-10-22/h4-14,19,29,37H,3,15-18,20H2,1-2H3,(H,32,33)/t29-/m1/s1. The van der Waals surface area contributed by atoms with E-state index in [9.17, 15) is 9.90 Å². The number of carbonyl (C=O) groups excluding carboxylic acids is 1. The van der Waals surface area contributed by atoms with Gasteiger partial charge in [0.05, 0.1) is 29.3 Å². The lowest BCUT2D eigenvalue weighted by Gasteiger charge is -2.38. The Kier molecular flexibility index (Phi) is 6.70. The lowest BCUT2D eigenvalue weighted by Crippen LogP contribution is -2.49. The number of amides is 1. The number of aromatic nitrogens is 2. The molecular weight excluding hydrogens is 490 g/mol. The lowest BCUT2D eigenvalue weighted by atomic mass is 9.93. The summed E-state index contributed by atoms with van der Waals surface area (Å²) in [5, 5.41) is 13.8. The molecule has 0 radical (unpaired) electrons. The summed E-state index contributed by atoms with van der Waals surface area (Å²) in [5.74, 6) is 1.18. The number of fused-ring (bicyclic) bond motifs is 3. The van der Waals surface area contributed by atoms with E-state index in [2.05, 4.69) is 39.0 Å². The van der Waals surface area contributed by atoms with Gasteiger partial charge in [0.1, 0.15) is 0 Å². The number of hydrogen-bond acceptors (Lipinski definition) is 6. The van der Waals surface area contributed by atoms with Crippen LogP contribution in [0.3, 0.4) is 0 Å². The number of allylic oxidation sites excluding steroid dienone is 1. The molecule has 0 aliphatic carbocycles. The quantitative estimate of drug-likeness (QED) is 0.379. The van der Waals surface area contributed by atoms with Crippen molar-refractivity contribution in [3.8, 4) is 11.5 Å². The van der Waals surface area contributed by atoms with Crippen molar-refractivity contribution in [3.05, 3.63) is 95.2 Å². The zero-order valence-corrected chi connectivity index (χ0v) is 22.3. The Morgan fingerprint density at radius 3 is 2.54 bits per heavy atom. The number of imidazole rings is 1. The minimum absolute atomic E-state index is 0.0128. The van der Waals surface area contributed by atoms with Gasteiger partial charge in [-0.1, -0.05) is 48.5 Å². The third-order valence-electron chi connectivity index (χ3n) is 7.57. The van der Waals surface area contributed by atoms with Gasteiger partial charge in [-0.25, -0.2) is 4.98 Å². The predicted octanol–water partition coefficient (Wildman–Crippen LogP) is 4.77. The van der Waals surface area contributed by atoms with E-state index >= 15 is 0 Å². The first-order valence-electron chi connectivity index (χ1n) is 13.5. The molecule has 0 saturated carbocycles. The zero-order chi connectivity index (χ0) is 26.9. The molecule has 2 aliphatic rings. The number of benzene rings is 3. The molecule has 8 nitrogen and oxygen atoms in total. The summed E-state index contributed by atoms with van der Waals surface area (Å²) in [5.41, 5.74) is 5.38. The molecule has 200 valence electrons. The first-order chi connectivity index (χ1) is 19.0. The van der Waals surface area contributed by atoms with E-state index in [-0.39, 0.29) is 11.7 Å². The second-order valence-electron chi connectivity index (χ2n) is 10.1. The predicted molar refractivity (Wildman–Crippen MR) is 152 cm³/mol. The number of phenols is 1. The van der Waals surface area contributed by atoms with Crippen LogP contribution < -0.4 is 10.1 Å². The topological polar surface area (TPSA) is 82.9 Å². The number of nitrogens with one attached hydrogen (secondary N) is 1. The SMILES string of the molecule is CCOc1cc([C@@H]2C(C(=O)N3CCN(Cc4ccccc4)CC3)=C(C)Nc3nc4ccccc4n32)ccc1O. The molecule has 0 unspecified atom stereocenters. The maximum atomic E-state index is 14.3. The summed E-state index contributed by atoms with van der Waals surface area (Å²) in [4.78, 5) is 23.4. The normalized spacial score (nSPS) is 17.7. The van der Waals surface area contributed by atoms with Gasteiger partial charge in [0.25, 0.3) is 5.91 Å². The highest BCUT2D eigenvalue weighted by atomic mass is 16.5. The van der Waals surface area contributed by atoms with Crippen molar-refractivity contribution < 1.29 is 14.6 Å². The number of para-hydroxylation sites is 2. The van der Waals surface area contributed by atoms with Crippen LogP contribution >= 0.6 is 0 Å².